The van der Waals surface area contributed by atoms with Crippen LogP contribution >= 0.6 is 0 Å². The van der Waals surface area contributed by atoms with Crippen LogP contribution in [0.2, 0.25) is 0 Å². The van der Waals surface area contributed by atoms with Crippen molar-refractivity contribution in [2.45, 2.75) is 74.7 Å². The lowest BCUT2D eigenvalue weighted by Gasteiger charge is -2.56. The van der Waals surface area contributed by atoms with Gasteiger partial charge < -0.3 is 24.1 Å². The smallest absolute Gasteiger partial charge is 0.268 e. The van der Waals surface area contributed by atoms with Gasteiger partial charge in [-0.15, -0.1) is 0 Å². The minimum Gasteiger partial charge on any atom is -0.496 e. The van der Waals surface area contributed by atoms with Crippen LogP contribution in [0.1, 0.15) is 79.8 Å². The van der Waals surface area contributed by atoms with Gasteiger partial charge in [-0.3, -0.25) is 25.1 Å². The molecule has 0 radical (unpaired) electrons. The SMILES string of the molecule is COc1ccccc1C1CCCN1C1CC2(CCN(c3ccc(C(=O)NS(=O)(=O)[C@]4(NCC5CCOCC5)C=CC=C([N+](=O)[O-])C4)c(Oc4cnc5[nH]ccc5c4)c3)CC2)C1. The van der Waals surface area contributed by atoms with Crippen LogP contribution < -0.4 is 24.4 Å². The van der Waals surface area contributed by atoms with E-state index in [0.29, 0.717) is 36.7 Å². The zero-order valence-corrected chi connectivity index (χ0v) is 35.2. The number of aromatic amines is 1. The van der Waals surface area contributed by atoms with Crippen molar-refractivity contribution in [3.05, 3.63) is 112 Å². The Hall–Kier alpha value is -5.29. The highest BCUT2D eigenvalue weighted by Crippen LogP contribution is 2.54. The number of ether oxygens (including phenoxy) is 3. The third-order valence-corrected chi connectivity index (χ3v) is 15.5. The van der Waals surface area contributed by atoms with E-state index < -0.39 is 32.1 Å². The van der Waals surface area contributed by atoms with Gasteiger partial charge in [-0.05, 0) is 112 Å². The number of fused-ring (bicyclic) bond motifs is 1. The number of hydrogen-bond donors (Lipinski definition) is 3. The molecule has 15 nitrogen and oxygen atoms in total. The summed E-state index contributed by atoms with van der Waals surface area (Å²) < 4.78 is 48.6. The van der Waals surface area contributed by atoms with Crippen LogP contribution in [0.15, 0.2) is 90.9 Å². The lowest BCUT2D eigenvalue weighted by molar-refractivity contribution is -0.428. The number of amides is 1. The molecule has 3 aliphatic heterocycles. The molecule has 5 aliphatic rings. The Balaban J connectivity index is 0.929. The first kappa shape index (κ1) is 41.1. The van der Waals surface area contributed by atoms with Crippen LogP contribution in [0.3, 0.4) is 0 Å². The number of H-pyrrole nitrogens is 1. The summed E-state index contributed by atoms with van der Waals surface area (Å²) in [5, 5.41) is 15.8. The number of nitrogens with zero attached hydrogens (tertiary/aromatic N) is 4. The molecule has 2 atom stereocenters. The summed E-state index contributed by atoms with van der Waals surface area (Å²) in [7, 11) is -2.86. The number of hydrogen-bond acceptors (Lipinski definition) is 12. The second-order valence-corrected chi connectivity index (χ2v) is 19.2. The number of para-hydroxylation sites is 1. The topological polar surface area (TPSA) is 181 Å². The molecule has 2 aliphatic carbocycles. The molecule has 61 heavy (non-hydrogen) atoms. The molecule has 16 heteroatoms. The number of benzene rings is 2. The minimum atomic E-state index is -4.61. The number of aromatic nitrogens is 2. The van der Waals surface area contributed by atoms with Gasteiger partial charge in [0.05, 0.1) is 30.2 Å². The summed E-state index contributed by atoms with van der Waals surface area (Å²) in [6, 6.07) is 18.2. The van der Waals surface area contributed by atoms with E-state index in [1.165, 1.54) is 43.1 Å². The fourth-order valence-electron chi connectivity index (χ4n) is 10.2. The number of nitrogens with one attached hydrogen (secondary N) is 3. The van der Waals surface area contributed by atoms with Crippen molar-refractivity contribution in [2.75, 3.05) is 51.4 Å². The number of anilines is 1. The molecular formula is C45H53N7O8S. The Morgan fingerprint density at radius 1 is 1.05 bits per heavy atom. The molecule has 3 saturated heterocycles. The number of pyridine rings is 1. The summed E-state index contributed by atoms with van der Waals surface area (Å²) in [5.41, 5.74) is 2.81. The van der Waals surface area contributed by atoms with Gasteiger partial charge in [0.25, 0.3) is 15.9 Å². The normalized spacial score (nSPS) is 23.5. The van der Waals surface area contributed by atoms with Gasteiger partial charge in [-0.25, -0.2) is 18.1 Å². The summed E-state index contributed by atoms with van der Waals surface area (Å²) in [5.74, 6) is 0.686. The van der Waals surface area contributed by atoms with E-state index in [0.717, 1.165) is 68.6 Å². The number of methoxy groups -OCH3 is 1. The van der Waals surface area contributed by atoms with Crippen molar-refractivity contribution in [3.8, 4) is 17.2 Å². The quantitative estimate of drug-likeness (QED) is 0.0943. The number of likely N-dealkylation sites (tertiary alicyclic amines) is 1. The maximum Gasteiger partial charge on any atom is 0.268 e. The van der Waals surface area contributed by atoms with Crippen molar-refractivity contribution in [2.24, 2.45) is 11.3 Å². The number of allylic oxidation sites excluding steroid dienone is 2. The third-order valence-electron chi connectivity index (χ3n) is 13.7. The van der Waals surface area contributed by atoms with E-state index in [4.69, 9.17) is 14.2 Å². The zero-order valence-electron chi connectivity index (χ0n) is 34.4. The van der Waals surface area contributed by atoms with E-state index >= 15 is 0 Å². The second kappa shape index (κ2) is 16.9. The van der Waals surface area contributed by atoms with Crippen molar-refractivity contribution in [3.63, 3.8) is 0 Å². The van der Waals surface area contributed by atoms with E-state index in [9.17, 15) is 23.3 Å². The number of piperidine rings is 1. The standard InChI is InChI=1S/C45H53N7O8S/c1-58-40-9-3-2-7-37(40)39-8-5-19-51(39)35-26-44(27-35)16-20-50(21-17-44)33-10-11-38(41(25-33)60-36-24-32-12-18-46-42(32)47-30-36)43(53)49-61(56,57)45(15-4-6-34(28-45)52(54)55)48-29-31-13-22-59-23-14-31/h2-4,6-7,9-12,15,18,24-25,30-31,35,39,48H,5,8,13-14,16-17,19-23,26-29H2,1H3,(H,46,47)(H,49,53)/t39?,45-/m1/s1. The Morgan fingerprint density at radius 3 is 2.64 bits per heavy atom. The van der Waals surface area contributed by atoms with Crippen LogP contribution in [0, 0.1) is 21.4 Å². The maximum absolute atomic E-state index is 14.4. The highest BCUT2D eigenvalue weighted by Gasteiger charge is 2.50. The van der Waals surface area contributed by atoms with Crippen molar-refractivity contribution < 1.29 is 32.3 Å². The fourth-order valence-corrected chi connectivity index (χ4v) is 11.6. The average Bonchev–Trinajstić information content (AvgIpc) is 3.95. The molecule has 9 rings (SSSR count). The number of rotatable bonds is 13. The van der Waals surface area contributed by atoms with Gasteiger partial charge in [0.15, 0.2) is 4.87 Å². The van der Waals surface area contributed by atoms with Crippen LogP contribution in [-0.4, -0.2) is 91.5 Å². The van der Waals surface area contributed by atoms with Crippen LogP contribution in [0.4, 0.5) is 5.69 Å². The number of nitro groups is 1. The van der Waals surface area contributed by atoms with Crippen LogP contribution in [-0.2, 0) is 14.8 Å². The summed E-state index contributed by atoms with van der Waals surface area (Å²) >= 11 is 0. The van der Waals surface area contributed by atoms with Gasteiger partial charge in [-0.1, -0.05) is 24.3 Å². The minimum absolute atomic E-state index is 0.00331. The summed E-state index contributed by atoms with van der Waals surface area (Å²) in [4.78, 5) is 36.1. The predicted molar refractivity (Wildman–Crippen MR) is 231 cm³/mol. The molecule has 1 amide bonds. The summed E-state index contributed by atoms with van der Waals surface area (Å²) in [6.45, 7) is 4.14. The molecule has 2 aromatic carbocycles. The van der Waals surface area contributed by atoms with E-state index in [-0.39, 0.29) is 34.9 Å². The largest absolute Gasteiger partial charge is 0.496 e. The van der Waals surface area contributed by atoms with Crippen molar-refractivity contribution in [1.82, 2.24) is 24.9 Å². The maximum atomic E-state index is 14.4. The van der Waals surface area contributed by atoms with Gasteiger partial charge in [0.2, 0.25) is 5.70 Å². The molecule has 3 N–H and O–H groups in total. The first-order valence-corrected chi connectivity index (χ1v) is 22.8. The molecule has 1 unspecified atom stereocenters. The fraction of sp³-hybridized carbons (Fsp3) is 0.467. The Morgan fingerprint density at radius 2 is 1.85 bits per heavy atom. The molecule has 4 aromatic rings. The first-order chi connectivity index (χ1) is 29.5. The molecule has 1 saturated carbocycles. The Kier molecular flexibility index (Phi) is 11.4. The molecule has 2 aromatic heterocycles. The lowest BCUT2D eigenvalue weighted by atomic mass is 9.60. The van der Waals surface area contributed by atoms with Crippen molar-refractivity contribution >= 4 is 32.7 Å². The molecule has 0 bridgehead atoms. The van der Waals surface area contributed by atoms with Gasteiger partial charge in [-0.2, -0.15) is 0 Å². The summed E-state index contributed by atoms with van der Waals surface area (Å²) in [6.07, 6.45) is 15.1. The highest BCUT2D eigenvalue weighted by atomic mass is 32.2. The molecule has 1 spiro atoms. The molecule has 4 fully saturated rings. The van der Waals surface area contributed by atoms with Gasteiger partial charge in [0, 0.05) is 73.4 Å². The first-order valence-electron chi connectivity index (χ1n) is 21.4. The Labute approximate surface area is 355 Å². The van der Waals surface area contributed by atoms with Crippen molar-refractivity contribution in [1.29, 1.82) is 0 Å². The van der Waals surface area contributed by atoms with E-state index in [2.05, 4.69) is 48.0 Å². The monoisotopic (exact) mass is 851 g/mol. The van der Waals surface area contributed by atoms with E-state index in [1.54, 1.807) is 37.7 Å². The van der Waals surface area contributed by atoms with Gasteiger partial charge >= 0.3 is 0 Å². The number of sulfonamides is 1. The third kappa shape index (κ3) is 8.25. The van der Waals surface area contributed by atoms with Crippen LogP contribution in [0.5, 0.6) is 17.2 Å². The highest BCUT2D eigenvalue weighted by molar-refractivity contribution is 7.91. The predicted octanol–water partition coefficient (Wildman–Crippen LogP) is 6.84. The lowest BCUT2D eigenvalue weighted by Crippen LogP contribution is -2.58. The second-order valence-electron chi connectivity index (χ2n) is 17.3. The van der Waals surface area contributed by atoms with Crippen LogP contribution in [0.25, 0.3) is 11.0 Å². The van der Waals surface area contributed by atoms with Gasteiger partial charge in [0.1, 0.15) is 22.9 Å². The molecule has 322 valence electrons. The number of carbonyl (C=O) groups is 1. The molecular weight excluding hydrogens is 799 g/mol. The Bertz CT molecular complexity index is 2450. The zero-order chi connectivity index (χ0) is 42.2. The van der Waals surface area contributed by atoms with E-state index in [1.807, 2.05) is 18.2 Å². The number of carbonyl (C=O) groups excluding carboxylic acids is 1. The average molecular weight is 852 g/mol. The molecule has 5 heterocycles.